The molecular weight excluding hydrogens is 348 g/mol. The van der Waals surface area contributed by atoms with Crippen molar-refractivity contribution in [3.05, 3.63) is 28.2 Å². The summed E-state index contributed by atoms with van der Waals surface area (Å²) in [5, 5.41) is 12.3. The monoisotopic (exact) mass is 364 g/mol. The maximum Gasteiger partial charge on any atom is 0.255 e. The Bertz CT molecular complexity index is 614. The number of hydrogen-bond acceptors (Lipinski definition) is 4. The third-order valence-electron chi connectivity index (χ3n) is 2.36. The van der Waals surface area contributed by atoms with Gasteiger partial charge in [-0.05, 0) is 32.0 Å². The Labute approximate surface area is 126 Å². The van der Waals surface area contributed by atoms with Crippen LogP contribution < -0.4 is 10.0 Å². The van der Waals surface area contributed by atoms with Crippen LogP contribution in [0.1, 0.15) is 24.2 Å². The van der Waals surface area contributed by atoms with Crippen molar-refractivity contribution in [1.29, 1.82) is 0 Å². The molecule has 0 aliphatic carbocycles. The Morgan fingerprint density at radius 3 is 2.50 bits per heavy atom. The molecule has 0 fully saturated rings. The lowest BCUT2D eigenvalue weighted by Gasteiger charge is -2.25. The number of carbonyl (C=O) groups is 1. The second-order valence-electron chi connectivity index (χ2n) is 5.10. The highest BCUT2D eigenvalue weighted by atomic mass is 79.9. The van der Waals surface area contributed by atoms with Gasteiger partial charge in [0.2, 0.25) is 10.0 Å². The molecule has 1 amide bonds. The second-order valence-corrected chi connectivity index (χ2v) is 7.77. The molecule has 0 aliphatic heterocycles. The predicted molar refractivity (Wildman–Crippen MR) is 80.2 cm³/mol. The van der Waals surface area contributed by atoms with Crippen molar-refractivity contribution < 1.29 is 18.3 Å². The van der Waals surface area contributed by atoms with Crippen LogP contribution in [0.2, 0.25) is 0 Å². The van der Waals surface area contributed by atoms with Gasteiger partial charge in [-0.1, -0.05) is 15.9 Å². The molecule has 6 nitrogen and oxygen atoms in total. The number of aromatic hydroxyl groups is 1. The van der Waals surface area contributed by atoms with E-state index >= 15 is 0 Å². The van der Waals surface area contributed by atoms with Crippen LogP contribution in [0.4, 0.5) is 0 Å². The zero-order valence-corrected chi connectivity index (χ0v) is 13.8. The van der Waals surface area contributed by atoms with Gasteiger partial charge in [0.1, 0.15) is 5.75 Å². The van der Waals surface area contributed by atoms with Gasteiger partial charge < -0.3 is 10.4 Å². The summed E-state index contributed by atoms with van der Waals surface area (Å²) in [6.45, 7) is 3.39. The smallest absolute Gasteiger partial charge is 0.255 e. The zero-order chi connectivity index (χ0) is 15.6. The van der Waals surface area contributed by atoms with E-state index in [1.165, 1.54) is 12.1 Å². The summed E-state index contributed by atoms with van der Waals surface area (Å²) in [5.74, 6) is -0.621. The Kier molecular flexibility index (Phi) is 5.17. The van der Waals surface area contributed by atoms with Crippen LogP contribution in [0, 0.1) is 0 Å². The lowest BCUT2D eigenvalue weighted by molar-refractivity contribution is 0.0942. The van der Waals surface area contributed by atoms with Gasteiger partial charge in [0.25, 0.3) is 5.91 Å². The highest BCUT2D eigenvalue weighted by molar-refractivity contribution is 9.10. The average molecular weight is 365 g/mol. The number of phenols is 1. The number of phenolic OH excluding ortho intramolecular Hbond substituents is 1. The van der Waals surface area contributed by atoms with Crippen molar-refractivity contribution in [3.63, 3.8) is 0 Å². The van der Waals surface area contributed by atoms with Crippen molar-refractivity contribution in [1.82, 2.24) is 10.0 Å². The SMILES string of the molecule is CC(C)(CNC(=O)c1ccc(Br)cc1O)NS(C)(=O)=O. The number of halogens is 1. The van der Waals surface area contributed by atoms with Crippen molar-refractivity contribution in [2.45, 2.75) is 19.4 Å². The summed E-state index contributed by atoms with van der Waals surface area (Å²) in [4.78, 5) is 11.9. The van der Waals surface area contributed by atoms with Crippen LogP contribution in [0.3, 0.4) is 0 Å². The third kappa shape index (κ3) is 5.48. The number of carbonyl (C=O) groups excluding carboxylic acids is 1. The molecule has 0 heterocycles. The molecule has 8 heteroatoms. The van der Waals surface area contributed by atoms with E-state index in [4.69, 9.17) is 0 Å². The molecule has 20 heavy (non-hydrogen) atoms. The first kappa shape index (κ1) is 16.9. The molecular formula is C12H17BrN2O4S. The van der Waals surface area contributed by atoms with E-state index in [1.54, 1.807) is 19.9 Å². The molecule has 0 unspecified atom stereocenters. The molecule has 0 atom stereocenters. The fraction of sp³-hybridized carbons (Fsp3) is 0.417. The molecule has 1 rings (SSSR count). The molecule has 0 aromatic heterocycles. The summed E-state index contributed by atoms with van der Waals surface area (Å²) in [5.41, 5.74) is -0.697. The first-order chi connectivity index (χ1) is 9.00. The van der Waals surface area contributed by atoms with Gasteiger partial charge in [-0.25, -0.2) is 13.1 Å². The van der Waals surface area contributed by atoms with Gasteiger partial charge in [-0.15, -0.1) is 0 Å². The van der Waals surface area contributed by atoms with Gasteiger partial charge >= 0.3 is 0 Å². The molecule has 0 spiro atoms. The van der Waals surface area contributed by atoms with Crippen LogP contribution in [0.15, 0.2) is 22.7 Å². The average Bonchev–Trinajstić information content (AvgIpc) is 2.22. The Morgan fingerprint density at radius 2 is 2.00 bits per heavy atom. The maximum absolute atomic E-state index is 11.9. The lowest BCUT2D eigenvalue weighted by atomic mass is 10.1. The summed E-state index contributed by atoms with van der Waals surface area (Å²) in [7, 11) is -3.37. The molecule has 0 aliphatic rings. The van der Waals surface area contributed by atoms with E-state index < -0.39 is 21.5 Å². The third-order valence-corrected chi connectivity index (χ3v) is 3.77. The maximum atomic E-state index is 11.9. The molecule has 112 valence electrons. The van der Waals surface area contributed by atoms with Gasteiger partial charge in [0, 0.05) is 16.6 Å². The molecule has 0 radical (unpaired) electrons. The highest BCUT2D eigenvalue weighted by Gasteiger charge is 2.23. The summed E-state index contributed by atoms with van der Waals surface area (Å²) >= 11 is 3.18. The predicted octanol–water partition coefficient (Wildman–Crippen LogP) is 1.21. The van der Waals surface area contributed by atoms with Gasteiger partial charge in [-0.3, -0.25) is 4.79 Å². The normalized spacial score (nSPS) is 12.2. The van der Waals surface area contributed by atoms with Crippen LogP contribution in [0.5, 0.6) is 5.75 Å². The van der Waals surface area contributed by atoms with Gasteiger partial charge in [0.15, 0.2) is 0 Å². The zero-order valence-electron chi connectivity index (χ0n) is 11.4. The van der Waals surface area contributed by atoms with Crippen molar-refractivity contribution in [2.24, 2.45) is 0 Å². The molecule has 3 N–H and O–H groups in total. The van der Waals surface area contributed by atoms with Crippen LogP contribution in [-0.4, -0.2) is 37.8 Å². The number of sulfonamides is 1. The van der Waals surface area contributed by atoms with E-state index in [0.717, 1.165) is 6.26 Å². The molecule has 1 aromatic carbocycles. The first-order valence-corrected chi connectivity index (χ1v) is 8.44. The number of hydrogen-bond donors (Lipinski definition) is 3. The van der Waals surface area contributed by atoms with E-state index in [0.29, 0.717) is 4.47 Å². The number of nitrogens with one attached hydrogen (secondary N) is 2. The molecule has 0 bridgehead atoms. The Morgan fingerprint density at radius 1 is 1.40 bits per heavy atom. The topological polar surface area (TPSA) is 95.5 Å². The van der Waals surface area contributed by atoms with E-state index in [1.807, 2.05) is 0 Å². The minimum Gasteiger partial charge on any atom is -0.507 e. The Balaban J connectivity index is 2.72. The van der Waals surface area contributed by atoms with Crippen LogP contribution in [0.25, 0.3) is 0 Å². The molecule has 0 saturated heterocycles. The largest absolute Gasteiger partial charge is 0.507 e. The number of benzene rings is 1. The summed E-state index contributed by atoms with van der Waals surface area (Å²) in [6.07, 6.45) is 1.05. The van der Waals surface area contributed by atoms with E-state index in [-0.39, 0.29) is 17.9 Å². The quantitative estimate of drug-likeness (QED) is 0.731. The minimum absolute atomic E-state index is 0.0917. The van der Waals surface area contributed by atoms with E-state index in [2.05, 4.69) is 26.0 Å². The van der Waals surface area contributed by atoms with Crippen molar-refractivity contribution in [3.8, 4) is 5.75 Å². The van der Waals surface area contributed by atoms with E-state index in [9.17, 15) is 18.3 Å². The van der Waals surface area contributed by atoms with Gasteiger partial charge in [-0.2, -0.15) is 0 Å². The number of rotatable bonds is 5. The first-order valence-electron chi connectivity index (χ1n) is 5.76. The molecule has 0 saturated carbocycles. The number of amides is 1. The second kappa shape index (κ2) is 6.11. The summed E-state index contributed by atoms with van der Waals surface area (Å²) < 4.78 is 25.4. The van der Waals surface area contributed by atoms with Gasteiger partial charge in [0.05, 0.1) is 11.8 Å². The minimum atomic E-state index is -3.37. The Hall–Kier alpha value is -1.12. The summed E-state index contributed by atoms with van der Waals surface area (Å²) in [6, 6.07) is 4.52. The van der Waals surface area contributed by atoms with Crippen molar-refractivity contribution in [2.75, 3.05) is 12.8 Å². The highest BCUT2D eigenvalue weighted by Crippen LogP contribution is 2.22. The fourth-order valence-corrected chi connectivity index (χ4v) is 3.06. The molecule has 1 aromatic rings. The fourth-order valence-electron chi connectivity index (χ4n) is 1.63. The lowest BCUT2D eigenvalue weighted by Crippen LogP contribution is -2.51. The standard InChI is InChI=1S/C12H17BrN2O4S/c1-12(2,15-20(3,18)19)7-14-11(17)9-5-4-8(13)6-10(9)16/h4-6,15-16H,7H2,1-3H3,(H,14,17). The van der Waals surface area contributed by atoms with Crippen molar-refractivity contribution >= 4 is 31.9 Å². The van der Waals surface area contributed by atoms with Crippen LogP contribution >= 0.6 is 15.9 Å². The van der Waals surface area contributed by atoms with Crippen LogP contribution in [-0.2, 0) is 10.0 Å².